The second-order valence-corrected chi connectivity index (χ2v) is 12.7. The molecule has 44 heavy (non-hydrogen) atoms. The average molecular weight is 795 g/mol. The molecule has 237 valence electrons. The summed E-state index contributed by atoms with van der Waals surface area (Å²) in [5.41, 5.74) is 2.16. The summed E-state index contributed by atoms with van der Waals surface area (Å²) in [6, 6.07) is 13.8. The van der Waals surface area contributed by atoms with Gasteiger partial charge < -0.3 is 9.52 Å². The molecule has 0 aliphatic carbocycles. The second-order valence-electron chi connectivity index (χ2n) is 11.8. The van der Waals surface area contributed by atoms with Crippen LogP contribution in [0.3, 0.4) is 0 Å². The quantitative estimate of drug-likeness (QED) is 0.0914. The number of carbonyl (C=O) groups excluding carboxylic acids is 1. The number of hydrogen-bond acceptors (Lipinski definition) is 6. The Labute approximate surface area is 286 Å². The topological polar surface area (TPSA) is 76.2 Å². The molecule has 0 spiro atoms. The molecule has 4 heterocycles. The van der Waals surface area contributed by atoms with E-state index >= 15 is 0 Å². The first kappa shape index (κ1) is 28.6. The summed E-state index contributed by atoms with van der Waals surface area (Å²) < 4.78 is 46.1. The Morgan fingerprint density at radius 1 is 1.02 bits per heavy atom. The summed E-state index contributed by atoms with van der Waals surface area (Å²) >= 11 is 1.41. The Balaban J connectivity index is 0.000000347. The van der Waals surface area contributed by atoms with E-state index in [2.05, 4.69) is 11.1 Å². The third-order valence-corrected chi connectivity index (χ3v) is 8.47. The SMILES string of the molecule is CCC(CC)C(=O)/C=C(\O)C(CC)CC.[2H]C([2H])([2H])c1ccc2c(n1)oc1c(-c3ccc4c(C([2H])([2H])C(C)(C)C)csc4n3)[c-]ccc12.[Ir]. The first-order valence-electron chi connectivity index (χ1n) is 17.6. The number of benzene rings is 1. The van der Waals surface area contributed by atoms with Crippen LogP contribution in [0.25, 0.3) is 43.5 Å². The molecule has 5 nitrogen and oxygen atoms in total. The summed E-state index contributed by atoms with van der Waals surface area (Å²) in [5.74, 6) is 0.547. The van der Waals surface area contributed by atoms with Gasteiger partial charge in [0, 0.05) is 61.3 Å². The van der Waals surface area contributed by atoms with Crippen molar-refractivity contribution in [2.45, 2.75) is 87.4 Å². The van der Waals surface area contributed by atoms with Gasteiger partial charge in [-0.05, 0) is 73.1 Å². The van der Waals surface area contributed by atoms with Gasteiger partial charge >= 0.3 is 0 Å². The van der Waals surface area contributed by atoms with Crippen LogP contribution in [-0.4, -0.2) is 20.9 Å². The number of furan rings is 1. The number of aliphatic hydroxyl groups is 1. The van der Waals surface area contributed by atoms with E-state index in [-0.39, 0.29) is 54.9 Å². The predicted molar refractivity (Wildman–Crippen MR) is 181 cm³/mol. The fraction of sp³-hybridized carbons (Fsp3) is 0.432. The number of pyridine rings is 2. The van der Waals surface area contributed by atoms with Crippen molar-refractivity contribution in [3.63, 3.8) is 0 Å². The van der Waals surface area contributed by atoms with E-state index in [1.54, 1.807) is 12.1 Å². The van der Waals surface area contributed by atoms with E-state index < -0.39 is 18.6 Å². The van der Waals surface area contributed by atoms with Crippen molar-refractivity contribution in [3.05, 3.63) is 70.9 Å². The number of nitrogens with zero attached hydrogens (tertiary/aromatic N) is 2. The minimum absolute atomic E-state index is 0. The van der Waals surface area contributed by atoms with Crippen molar-refractivity contribution in [3.8, 4) is 11.3 Å². The Morgan fingerprint density at radius 2 is 1.70 bits per heavy atom. The van der Waals surface area contributed by atoms with Gasteiger partial charge in [0.1, 0.15) is 4.83 Å². The van der Waals surface area contributed by atoms with Crippen LogP contribution in [0.2, 0.25) is 0 Å². The fourth-order valence-electron chi connectivity index (χ4n) is 5.15. The van der Waals surface area contributed by atoms with Crippen molar-refractivity contribution in [1.82, 2.24) is 9.97 Å². The molecule has 5 rings (SSSR count). The number of fused-ring (bicyclic) bond motifs is 4. The van der Waals surface area contributed by atoms with Crippen LogP contribution in [0.1, 0.15) is 92.3 Å². The van der Waals surface area contributed by atoms with Crippen molar-refractivity contribution in [2.75, 3.05) is 0 Å². The Bertz CT molecular complexity index is 1930. The summed E-state index contributed by atoms with van der Waals surface area (Å²) in [7, 11) is 0. The molecule has 0 aliphatic rings. The minimum atomic E-state index is -2.32. The van der Waals surface area contributed by atoms with Crippen molar-refractivity contribution in [1.29, 1.82) is 0 Å². The second kappa shape index (κ2) is 15.4. The normalized spacial score (nSPS) is 14.5. The van der Waals surface area contributed by atoms with Gasteiger partial charge in [0.05, 0.1) is 11.3 Å². The molecule has 0 unspecified atom stereocenters. The maximum absolute atomic E-state index is 11.7. The number of aryl methyl sites for hydroxylation is 1. The van der Waals surface area contributed by atoms with Gasteiger partial charge in [0.2, 0.25) is 5.71 Å². The zero-order valence-electron chi connectivity index (χ0n) is 31.5. The molecule has 0 amide bonds. The molecule has 0 atom stereocenters. The monoisotopic (exact) mass is 795 g/mol. The van der Waals surface area contributed by atoms with E-state index in [9.17, 15) is 9.90 Å². The third kappa shape index (κ3) is 8.24. The van der Waals surface area contributed by atoms with Crippen LogP contribution >= 0.6 is 11.3 Å². The Hall–Kier alpha value is -2.86. The van der Waals surface area contributed by atoms with E-state index in [0.717, 1.165) is 46.7 Å². The van der Waals surface area contributed by atoms with Crippen LogP contribution < -0.4 is 0 Å². The number of ketones is 1. The smallest absolute Gasteiger partial charge is 0.216 e. The van der Waals surface area contributed by atoms with Crippen LogP contribution in [0.15, 0.2) is 58.0 Å². The Morgan fingerprint density at radius 3 is 2.34 bits per heavy atom. The molecule has 7 heteroatoms. The van der Waals surface area contributed by atoms with E-state index in [4.69, 9.17) is 16.3 Å². The number of hydrogen-bond donors (Lipinski definition) is 1. The maximum atomic E-state index is 11.7. The summed E-state index contributed by atoms with van der Waals surface area (Å²) in [5, 5.41) is 13.9. The third-order valence-electron chi connectivity index (χ3n) is 7.59. The molecule has 1 aromatic carbocycles. The fourth-order valence-corrected chi connectivity index (χ4v) is 6.02. The molecule has 1 N–H and O–H groups in total. The first-order chi connectivity index (χ1) is 22.5. The summed E-state index contributed by atoms with van der Waals surface area (Å²) in [4.78, 5) is 21.5. The molecule has 0 aliphatic heterocycles. The summed E-state index contributed by atoms with van der Waals surface area (Å²) in [6.45, 7) is 11.4. The number of carbonyl (C=O) groups is 1. The molecule has 4 aromatic heterocycles. The largest absolute Gasteiger partial charge is 0.512 e. The van der Waals surface area contributed by atoms with Crippen molar-refractivity contribution < 1.29 is 41.3 Å². The average Bonchev–Trinajstić information content (AvgIpc) is 3.63. The first-order valence-corrected chi connectivity index (χ1v) is 15.9. The van der Waals surface area contributed by atoms with Crippen LogP contribution in [0.5, 0.6) is 0 Å². The molecular formula is C37H45IrN2O3S-. The van der Waals surface area contributed by atoms with Gasteiger partial charge in [-0.2, -0.15) is 0 Å². The molecule has 0 saturated carbocycles. The van der Waals surface area contributed by atoms with Crippen LogP contribution in [-0.2, 0) is 31.3 Å². The van der Waals surface area contributed by atoms with Crippen molar-refractivity contribution in [2.24, 2.45) is 17.3 Å². The van der Waals surface area contributed by atoms with Crippen LogP contribution in [0.4, 0.5) is 0 Å². The standard InChI is InChI=1S/C24H21N2OS.C13H24O2.Ir/c1-14-8-9-18-17-6-5-7-19(21(17)27-22(18)25-14)20-11-10-16-15(12-24(2,3)4)13-28-23(16)26-20;1-5-10(6-2)12(14)9-13(15)11(7-3)8-4;/h5-6,8-11,13H,12H2,1-4H3;9-11,14H,5-8H2,1-4H3;/q-1;;/b;12-9-;/i1D3,12D2;;. The van der Waals surface area contributed by atoms with Gasteiger partial charge in [-0.1, -0.05) is 71.5 Å². The van der Waals surface area contributed by atoms with Crippen molar-refractivity contribution >= 4 is 49.4 Å². The van der Waals surface area contributed by atoms with E-state index in [1.165, 1.54) is 23.5 Å². The Kier molecular flexibility index (Phi) is 10.0. The molecule has 0 fully saturated rings. The zero-order chi connectivity index (χ0) is 35.6. The maximum Gasteiger partial charge on any atom is 0.216 e. The number of thiophene rings is 1. The van der Waals surface area contributed by atoms with Gasteiger partial charge in [-0.25, -0.2) is 4.98 Å². The minimum Gasteiger partial charge on any atom is -0.512 e. The predicted octanol–water partition coefficient (Wildman–Crippen LogP) is 10.8. The number of allylic oxidation sites excluding steroid dienone is 2. The van der Waals surface area contributed by atoms with E-state index in [1.807, 2.05) is 72.0 Å². The molecule has 0 bridgehead atoms. The zero-order valence-corrected chi connectivity index (χ0v) is 29.7. The number of aromatic nitrogens is 2. The number of aliphatic hydroxyl groups excluding tert-OH is 1. The van der Waals surface area contributed by atoms with Gasteiger partial charge in [-0.15, -0.1) is 29.5 Å². The van der Waals surface area contributed by atoms with Gasteiger partial charge in [-0.3, -0.25) is 9.78 Å². The summed E-state index contributed by atoms with van der Waals surface area (Å²) in [6.07, 6.45) is 3.40. The van der Waals surface area contributed by atoms with Gasteiger partial charge in [0.25, 0.3) is 0 Å². The molecule has 0 saturated heterocycles. The molecule has 1 radical (unpaired) electrons. The van der Waals surface area contributed by atoms with E-state index in [0.29, 0.717) is 22.4 Å². The number of rotatable bonds is 9. The van der Waals surface area contributed by atoms with Gasteiger partial charge in [0.15, 0.2) is 5.78 Å². The molecular weight excluding hydrogens is 745 g/mol. The molecule has 5 aromatic rings. The van der Waals surface area contributed by atoms with Crippen LogP contribution in [0, 0.1) is 30.2 Å².